The summed E-state index contributed by atoms with van der Waals surface area (Å²) in [5.74, 6) is -1.50. The lowest BCUT2D eigenvalue weighted by molar-refractivity contribution is -0.135. The Morgan fingerprint density at radius 3 is 2.33 bits per heavy atom. The zero-order chi connectivity index (χ0) is 15.4. The summed E-state index contributed by atoms with van der Waals surface area (Å²) in [4.78, 5) is 24.6. The molecule has 0 fully saturated rings. The van der Waals surface area contributed by atoms with Crippen LogP contribution in [0.5, 0.6) is 5.75 Å². The van der Waals surface area contributed by atoms with Crippen LogP contribution in [-0.4, -0.2) is 28.6 Å². The first kappa shape index (κ1) is 15.1. The second-order valence-corrected chi connectivity index (χ2v) is 5.23. The number of carboxylic acid groups (broad SMARTS) is 1. The summed E-state index contributed by atoms with van der Waals surface area (Å²) in [5.41, 5.74) is 0.777. The lowest BCUT2D eigenvalue weighted by atomic mass is 10.1. The lowest BCUT2D eigenvalue weighted by Crippen LogP contribution is -2.35. The topological polar surface area (TPSA) is 77.8 Å². The van der Waals surface area contributed by atoms with Gasteiger partial charge >= 0.3 is 5.97 Å². The molecule has 0 bridgehead atoms. The van der Waals surface area contributed by atoms with E-state index in [0.717, 1.165) is 9.37 Å². The van der Waals surface area contributed by atoms with Crippen molar-refractivity contribution in [1.29, 1.82) is 0 Å². The molecule has 0 saturated carbocycles. The van der Waals surface area contributed by atoms with E-state index >= 15 is 0 Å². The number of amides is 1. The number of hydrogen-bond donors (Lipinski definition) is 2. The van der Waals surface area contributed by atoms with Crippen LogP contribution in [0.25, 0.3) is 0 Å². The fourth-order valence-electron chi connectivity index (χ4n) is 1.83. The van der Waals surface area contributed by atoms with Crippen molar-refractivity contribution in [3.63, 3.8) is 0 Å². The molecule has 2 rings (SSSR count). The zero-order valence-electron chi connectivity index (χ0n) is 10.9. The SMILES string of the molecule is O=C(O)CN(C(=O)c1cccc(Br)c1)c1ccc(O)cc1. The van der Waals surface area contributed by atoms with Gasteiger partial charge in [0.1, 0.15) is 12.3 Å². The normalized spacial score (nSPS) is 10.1. The smallest absolute Gasteiger partial charge is 0.323 e. The van der Waals surface area contributed by atoms with Gasteiger partial charge in [0.15, 0.2) is 0 Å². The number of rotatable bonds is 4. The number of benzene rings is 2. The van der Waals surface area contributed by atoms with Crippen molar-refractivity contribution >= 4 is 33.5 Å². The molecule has 1 amide bonds. The van der Waals surface area contributed by atoms with E-state index in [1.165, 1.54) is 24.3 Å². The molecule has 0 saturated heterocycles. The molecule has 6 heteroatoms. The molecule has 0 atom stereocenters. The summed E-state index contributed by atoms with van der Waals surface area (Å²) in [6, 6.07) is 12.5. The number of halogens is 1. The zero-order valence-corrected chi connectivity index (χ0v) is 12.4. The molecule has 0 aliphatic carbocycles. The van der Waals surface area contributed by atoms with Crippen molar-refractivity contribution in [2.24, 2.45) is 0 Å². The van der Waals surface area contributed by atoms with E-state index in [1.54, 1.807) is 24.3 Å². The number of aliphatic carboxylic acids is 1. The Bertz CT molecular complexity index is 670. The van der Waals surface area contributed by atoms with E-state index in [9.17, 15) is 14.7 Å². The van der Waals surface area contributed by atoms with Crippen LogP contribution < -0.4 is 4.90 Å². The van der Waals surface area contributed by atoms with Crippen molar-refractivity contribution < 1.29 is 19.8 Å². The Balaban J connectivity index is 2.38. The minimum Gasteiger partial charge on any atom is -0.508 e. The van der Waals surface area contributed by atoms with Crippen molar-refractivity contribution in [3.05, 3.63) is 58.6 Å². The molecular formula is C15H12BrNO4. The molecule has 0 aromatic heterocycles. The number of anilines is 1. The van der Waals surface area contributed by atoms with E-state index in [-0.39, 0.29) is 5.75 Å². The van der Waals surface area contributed by atoms with Crippen LogP contribution >= 0.6 is 15.9 Å². The van der Waals surface area contributed by atoms with Crippen LogP contribution in [-0.2, 0) is 4.79 Å². The average molecular weight is 350 g/mol. The number of hydrogen-bond acceptors (Lipinski definition) is 3. The molecule has 108 valence electrons. The Labute approximate surface area is 129 Å². The monoisotopic (exact) mass is 349 g/mol. The van der Waals surface area contributed by atoms with E-state index in [4.69, 9.17) is 5.11 Å². The third-order valence-corrected chi connectivity index (χ3v) is 3.26. The Morgan fingerprint density at radius 2 is 1.76 bits per heavy atom. The van der Waals surface area contributed by atoms with Crippen LogP contribution in [0.1, 0.15) is 10.4 Å². The summed E-state index contributed by atoms with van der Waals surface area (Å²) in [6.45, 7) is -0.462. The quantitative estimate of drug-likeness (QED) is 0.889. The maximum absolute atomic E-state index is 12.5. The standard InChI is InChI=1S/C15H12BrNO4/c16-11-3-1-2-10(8-11)15(21)17(9-14(19)20)12-4-6-13(18)7-5-12/h1-8,18H,9H2,(H,19,20). The molecule has 21 heavy (non-hydrogen) atoms. The minimum atomic E-state index is -1.12. The third kappa shape index (κ3) is 3.82. The van der Waals surface area contributed by atoms with Gasteiger partial charge in [0.2, 0.25) is 0 Å². The Kier molecular flexibility index (Phi) is 4.59. The average Bonchev–Trinajstić information content (AvgIpc) is 2.45. The molecule has 0 aliphatic rings. The number of phenols is 1. The van der Waals surface area contributed by atoms with Gasteiger partial charge in [-0.15, -0.1) is 0 Å². The Hall–Kier alpha value is -2.34. The predicted octanol–water partition coefficient (Wildman–Crippen LogP) is 2.89. The van der Waals surface area contributed by atoms with Crippen molar-refractivity contribution in [2.75, 3.05) is 11.4 Å². The van der Waals surface area contributed by atoms with Gasteiger partial charge in [0, 0.05) is 15.7 Å². The summed E-state index contributed by atoms with van der Waals surface area (Å²) < 4.78 is 0.731. The highest BCUT2D eigenvalue weighted by molar-refractivity contribution is 9.10. The summed E-state index contributed by atoms with van der Waals surface area (Å²) in [6.07, 6.45) is 0. The summed E-state index contributed by atoms with van der Waals surface area (Å²) in [5, 5.41) is 18.3. The predicted molar refractivity (Wildman–Crippen MR) is 81.6 cm³/mol. The molecule has 5 nitrogen and oxygen atoms in total. The largest absolute Gasteiger partial charge is 0.508 e. The molecule has 0 spiro atoms. The van der Waals surface area contributed by atoms with Gasteiger partial charge in [-0.25, -0.2) is 0 Å². The van der Waals surface area contributed by atoms with Gasteiger partial charge in [0.25, 0.3) is 5.91 Å². The van der Waals surface area contributed by atoms with Crippen LogP contribution in [0, 0.1) is 0 Å². The highest BCUT2D eigenvalue weighted by atomic mass is 79.9. The maximum atomic E-state index is 12.5. The number of nitrogens with zero attached hydrogens (tertiary/aromatic N) is 1. The second kappa shape index (κ2) is 6.41. The first-order valence-corrected chi connectivity index (χ1v) is 6.85. The number of carbonyl (C=O) groups excluding carboxylic acids is 1. The van der Waals surface area contributed by atoms with Gasteiger partial charge in [-0.3, -0.25) is 14.5 Å². The minimum absolute atomic E-state index is 0.0453. The van der Waals surface area contributed by atoms with E-state index in [0.29, 0.717) is 11.3 Å². The van der Waals surface area contributed by atoms with Crippen LogP contribution in [0.15, 0.2) is 53.0 Å². The van der Waals surface area contributed by atoms with Crippen LogP contribution in [0.3, 0.4) is 0 Å². The first-order chi connectivity index (χ1) is 9.97. The summed E-state index contributed by atoms with van der Waals surface area (Å²) >= 11 is 3.28. The maximum Gasteiger partial charge on any atom is 0.323 e. The fourth-order valence-corrected chi connectivity index (χ4v) is 2.22. The molecule has 2 aromatic carbocycles. The Morgan fingerprint density at radius 1 is 1.10 bits per heavy atom. The van der Waals surface area contributed by atoms with Gasteiger partial charge in [-0.05, 0) is 42.5 Å². The molecular weight excluding hydrogens is 338 g/mol. The van der Waals surface area contributed by atoms with Crippen LogP contribution in [0.2, 0.25) is 0 Å². The first-order valence-electron chi connectivity index (χ1n) is 6.05. The van der Waals surface area contributed by atoms with Crippen molar-refractivity contribution in [3.8, 4) is 5.75 Å². The number of aromatic hydroxyl groups is 1. The molecule has 0 heterocycles. The lowest BCUT2D eigenvalue weighted by Gasteiger charge is -2.21. The highest BCUT2D eigenvalue weighted by Crippen LogP contribution is 2.21. The third-order valence-electron chi connectivity index (χ3n) is 2.77. The second-order valence-electron chi connectivity index (χ2n) is 4.31. The number of phenolic OH excluding ortho intramolecular Hbond substituents is 1. The molecule has 2 N–H and O–H groups in total. The van der Waals surface area contributed by atoms with Crippen LogP contribution in [0.4, 0.5) is 5.69 Å². The molecule has 0 unspecified atom stereocenters. The van der Waals surface area contributed by atoms with Gasteiger partial charge in [-0.1, -0.05) is 22.0 Å². The van der Waals surface area contributed by atoms with Gasteiger partial charge < -0.3 is 10.2 Å². The number of carbonyl (C=O) groups is 2. The van der Waals surface area contributed by atoms with Gasteiger partial charge in [0.05, 0.1) is 0 Å². The van der Waals surface area contributed by atoms with Gasteiger partial charge in [-0.2, -0.15) is 0 Å². The molecule has 0 radical (unpaired) electrons. The molecule has 2 aromatic rings. The van der Waals surface area contributed by atoms with E-state index < -0.39 is 18.4 Å². The number of carboxylic acids is 1. The van der Waals surface area contributed by atoms with Crippen molar-refractivity contribution in [2.45, 2.75) is 0 Å². The van der Waals surface area contributed by atoms with E-state index in [1.807, 2.05) is 0 Å². The van der Waals surface area contributed by atoms with Crippen molar-refractivity contribution in [1.82, 2.24) is 0 Å². The summed E-state index contributed by atoms with van der Waals surface area (Å²) in [7, 11) is 0. The molecule has 0 aliphatic heterocycles. The van der Waals surface area contributed by atoms with E-state index in [2.05, 4.69) is 15.9 Å². The fraction of sp³-hybridized carbons (Fsp3) is 0.0667. The highest BCUT2D eigenvalue weighted by Gasteiger charge is 2.20.